The zero-order valence-corrected chi connectivity index (χ0v) is 21.1. The zero-order valence-electron chi connectivity index (χ0n) is 18.8. The van der Waals surface area contributed by atoms with E-state index in [0.29, 0.717) is 22.6 Å². The van der Waals surface area contributed by atoms with E-state index in [1.54, 1.807) is 17.4 Å². The van der Waals surface area contributed by atoms with Crippen LogP contribution in [0.5, 0.6) is 5.75 Å². The molecule has 0 bridgehead atoms. The van der Waals surface area contributed by atoms with Gasteiger partial charge in [-0.25, -0.2) is 4.98 Å². The molecule has 1 aliphatic heterocycles. The van der Waals surface area contributed by atoms with Crippen LogP contribution in [0.2, 0.25) is 10.0 Å². The molecule has 174 valence electrons. The molecule has 0 saturated carbocycles. The van der Waals surface area contributed by atoms with Gasteiger partial charge in [0.25, 0.3) is 0 Å². The maximum Gasteiger partial charge on any atom is 0.119 e. The van der Waals surface area contributed by atoms with Crippen molar-refractivity contribution in [2.24, 2.45) is 0 Å². The van der Waals surface area contributed by atoms with Gasteiger partial charge in [0.15, 0.2) is 0 Å². The molecule has 1 fully saturated rings. The molecule has 1 saturated heterocycles. The van der Waals surface area contributed by atoms with Gasteiger partial charge in [-0.3, -0.25) is 4.90 Å². The summed E-state index contributed by atoms with van der Waals surface area (Å²) in [5, 5.41) is 4.41. The Balaban J connectivity index is 1.14. The average Bonchev–Trinajstić information content (AvgIpc) is 3.34. The Kier molecular flexibility index (Phi) is 7.51. The maximum absolute atomic E-state index is 6.08. The SMILES string of the molecule is Clc1ccc(COc2ccc(-c3csc(CN4CCC(c5ccccc5)CC4)n3)cc2)cc1Cl. The van der Waals surface area contributed by atoms with Crippen molar-refractivity contribution in [3.8, 4) is 17.0 Å². The van der Waals surface area contributed by atoms with Crippen LogP contribution in [0.4, 0.5) is 0 Å². The van der Waals surface area contributed by atoms with Crippen LogP contribution in [0.3, 0.4) is 0 Å². The molecule has 4 aromatic rings. The highest BCUT2D eigenvalue weighted by atomic mass is 35.5. The minimum atomic E-state index is 0.443. The summed E-state index contributed by atoms with van der Waals surface area (Å²) in [5.41, 5.74) is 4.58. The summed E-state index contributed by atoms with van der Waals surface area (Å²) in [6.45, 7) is 3.62. The Hall–Kier alpha value is -2.37. The number of piperidine rings is 1. The van der Waals surface area contributed by atoms with Gasteiger partial charge in [-0.05, 0) is 79.4 Å². The molecule has 1 aromatic heterocycles. The van der Waals surface area contributed by atoms with E-state index >= 15 is 0 Å². The minimum Gasteiger partial charge on any atom is -0.489 e. The van der Waals surface area contributed by atoms with Crippen LogP contribution in [0.1, 0.15) is 34.9 Å². The number of rotatable bonds is 7. The highest BCUT2D eigenvalue weighted by Crippen LogP contribution is 2.30. The van der Waals surface area contributed by atoms with Crippen molar-refractivity contribution in [1.82, 2.24) is 9.88 Å². The number of aromatic nitrogens is 1. The van der Waals surface area contributed by atoms with Gasteiger partial charge in [0.05, 0.1) is 22.3 Å². The summed E-state index contributed by atoms with van der Waals surface area (Å²) in [5.74, 6) is 1.49. The van der Waals surface area contributed by atoms with Gasteiger partial charge in [0, 0.05) is 10.9 Å². The van der Waals surface area contributed by atoms with Crippen LogP contribution in [0, 0.1) is 0 Å². The fourth-order valence-corrected chi connectivity index (χ4v) is 5.54. The van der Waals surface area contributed by atoms with E-state index in [9.17, 15) is 0 Å². The number of hydrogen-bond acceptors (Lipinski definition) is 4. The molecule has 2 heterocycles. The summed E-state index contributed by atoms with van der Waals surface area (Å²) in [6, 6.07) is 24.5. The molecule has 0 unspecified atom stereocenters. The average molecular weight is 510 g/mol. The highest BCUT2D eigenvalue weighted by molar-refractivity contribution is 7.09. The number of thiazole rings is 1. The molecule has 1 aliphatic rings. The Labute approximate surface area is 214 Å². The monoisotopic (exact) mass is 508 g/mol. The lowest BCUT2D eigenvalue weighted by molar-refractivity contribution is 0.204. The fourth-order valence-electron chi connectivity index (χ4n) is 4.38. The van der Waals surface area contributed by atoms with Gasteiger partial charge in [-0.15, -0.1) is 11.3 Å². The molecule has 3 nitrogen and oxygen atoms in total. The van der Waals surface area contributed by atoms with Crippen molar-refractivity contribution in [2.45, 2.75) is 31.9 Å². The van der Waals surface area contributed by atoms with Crippen LogP contribution in [-0.2, 0) is 13.2 Å². The number of nitrogens with zero attached hydrogens (tertiary/aromatic N) is 2. The number of halogens is 2. The minimum absolute atomic E-state index is 0.443. The van der Waals surface area contributed by atoms with E-state index in [1.807, 2.05) is 24.3 Å². The van der Waals surface area contributed by atoms with E-state index in [-0.39, 0.29) is 0 Å². The lowest BCUT2D eigenvalue weighted by Crippen LogP contribution is -2.32. The molecule has 0 N–H and O–H groups in total. The van der Waals surface area contributed by atoms with Gasteiger partial charge in [-0.1, -0.05) is 59.6 Å². The van der Waals surface area contributed by atoms with Crippen molar-refractivity contribution < 1.29 is 4.74 Å². The summed E-state index contributed by atoms with van der Waals surface area (Å²) in [7, 11) is 0. The maximum atomic E-state index is 6.08. The molecule has 5 rings (SSSR count). The third-order valence-corrected chi connectivity index (χ3v) is 7.88. The van der Waals surface area contributed by atoms with E-state index in [4.69, 9.17) is 32.9 Å². The first-order valence-electron chi connectivity index (χ1n) is 11.5. The third-order valence-electron chi connectivity index (χ3n) is 6.31. The van der Waals surface area contributed by atoms with Crippen molar-refractivity contribution in [3.05, 3.63) is 104 Å². The van der Waals surface area contributed by atoms with E-state index in [0.717, 1.165) is 42.2 Å². The largest absolute Gasteiger partial charge is 0.489 e. The fraction of sp³-hybridized carbons (Fsp3) is 0.250. The smallest absolute Gasteiger partial charge is 0.119 e. The molecule has 0 spiro atoms. The van der Waals surface area contributed by atoms with Crippen LogP contribution in [0.15, 0.2) is 78.2 Å². The first kappa shape index (κ1) is 23.4. The molecule has 6 heteroatoms. The Bertz CT molecular complexity index is 1220. The predicted octanol–water partition coefficient (Wildman–Crippen LogP) is 8.08. The first-order chi connectivity index (χ1) is 16.6. The van der Waals surface area contributed by atoms with E-state index in [1.165, 1.54) is 23.4 Å². The molecule has 3 aromatic carbocycles. The van der Waals surface area contributed by atoms with Crippen LogP contribution < -0.4 is 4.74 Å². The second kappa shape index (κ2) is 10.9. The van der Waals surface area contributed by atoms with Crippen molar-refractivity contribution in [2.75, 3.05) is 13.1 Å². The standard InChI is InChI=1S/C28H26Cl2N2OS/c29-25-11-6-20(16-26(25)30)18-33-24-9-7-23(8-10-24)27-19-34-28(31-27)17-32-14-12-22(13-15-32)21-4-2-1-3-5-21/h1-11,16,19,22H,12-15,17-18H2. The summed E-state index contributed by atoms with van der Waals surface area (Å²) in [4.78, 5) is 7.43. The van der Waals surface area contributed by atoms with E-state index in [2.05, 4.69) is 52.7 Å². The number of likely N-dealkylation sites (tertiary alicyclic amines) is 1. The summed E-state index contributed by atoms with van der Waals surface area (Å²) in [6.07, 6.45) is 2.43. The van der Waals surface area contributed by atoms with Gasteiger partial charge in [0.2, 0.25) is 0 Å². The Morgan fingerprint density at radius 3 is 2.41 bits per heavy atom. The normalized spacial score (nSPS) is 14.9. The second-order valence-electron chi connectivity index (χ2n) is 8.65. The van der Waals surface area contributed by atoms with Crippen LogP contribution in [0.25, 0.3) is 11.3 Å². The molecule has 0 atom stereocenters. The van der Waals surface area contributed by atoms with E-state index < -0.39 is 0 Å². The number of hydrogen-bond donors (Lipinski definition) is 0. The summed E-state index contributed by atoms with van der Waals surface area (Å²) < 4.78 is 5.90. The van der Waals surface area contributed by atoms with Crippen molar-refractivity contribution in [1.29, 1.82) is 0 Å². The van der Waals surface area contributed by atoms with Crippen LogP contribution >= 0.6 is 34.5 Å². The number of benzene rings is 3. The lowest BCUT2D eigenvalue weighted by atomic mass is 9.89. The Morgan fingerprint density at radius 1 is 0.912 bits per heavy atom. The third kappa shape index (κ3) is 5.81. The second-order valence-corrected chi connectivity index (χ2v) is 10.4. The van der Waals surface area contributed by atoms with Gasteiger partial charge < -0.3 is 4.74 Å². The van der Waals surface area contributed by atoms with Gasteiger partial charge in [-0.2, -0.15) is 0 Å². The molecule has 0 amide bonds. The highest BCUT2D eigenvalue weighted by Gasteiger charge is 2.21. The van der Waals surface area contributed by atoms with Crippen LogP contribution in [-0.4, -0.2) is 23.0 Å². The predicted molar refractivity (Wildman–Crippen MR) is 142 cm³/mol. The molecule has 34 heavy (non-hydrogen) atoms. The van der Waals surface area contributed by atoms with Crippen molar-refractivity contribution >= 4 is 34.5 Å². The summed E-state index contributed by atoms with van der Waals surface area (Å²) >= 11 is 13.8. The number of ether oxygens (including phenoxy) is 1. The molecule has 0 aliphatic carbocycles. The molecule has 0 radical (unpaired) electrons. The Morgan fingerprint density at radius 2 is 1.68 bits per heavy atom. The lowest BCUT2D eigenvalue weighted by Gasteiger charge is -2.31. The van der Waals surface area contributed by atoms with Gasteiger partial charge >= 0.3 is 0 Å². The topological polar surface area (TPSA) is 25.4 Å². The molecular weight excluding hydrogens is 483 g/mol. The zero-order chi connectivity index (χ0) is 23.3. The van der Waals surface area contributed by atoms with Crippen molar-refractivity contribution in [3.63, 3.8) is 0 Å². The van der Waals surface area contributed by atoms with Gasteiger partial charge in [0.1, 0.15) is 17.4 Å². The quantitative estimate of drug-likeness (QED) is 0.252. The molecular formula is C28H26Cl2N2OS. The first-order valence-corrected chi connectivity index (χ1v) is 13.2.